The highest BCUT2D eigenvalue weighted by atomic mass is 32.2. The molecular weight excluding hydrogens is 388 g/mol. The second-order valence-corrected chi connectivity index (χ2v) is 8.96. The van der Waals surface area contributed by atoms with Crippen molar-refractivity contribution < 1.29 is 9.59 Å². The number of hydrogen-bond acceptors (Lipinski definition) is 4. The van der Waals surface area contributed by atoms with Gasteiger partial charge in [0.25, 0.3) is 5.91 Å². The maximum atomic E-state index is 12.7. The van der Waals surface area contributed by atoms with Crippen LogP contribution in [0.5, 0.6) is 0 Å². The van der Waals surface area contributed by atoms with Crippen molar-refractivity contribution in [1.29, 1.82) is 0 Å². The zero-order valence-electron chi connectivity index (χ0n) is 16.1. The minimum Gasteiger partial charge on any atom is -0.353 e. The maximum absolute atomic E-state index is 12.7. The van der Waals surface area contributed by atoms with Gasteiger partial charge in [-0.3, -0.25) is 14.5 Å². The molecule has 2 aliphatic rings. The lowest BCUT2D eigenvalue weighted by molar-refractivity contribution is -0.124. The summed E-state index contributed by atoms with van der Waals surface area (Å²) in [6.45, 7) is 2.30. The van der Waals surface area contributed by atoms with Crippen LogP contribution in [-0.4, -0.2) is 33.6 Å². The van der Waals surface area contributed by atoms with Gasteiger partial charge in [-0.2, -0.15) is 0 Å². The third-order valence-corrected chi connectivity index (χ3v) is 6.34. The summed E-state index contributed by atoms with van der Waals surface area (Å²) in [5.74, 6) is -0.105. The van der Waals surface area contributed by atoms with Crippen LogP contribution in [0.15, 0.2) is 46.9 Å². The molecule has 1 aliphatic carbocycles. The van der Waals surface area contributed by atoms with E-state index in [-0.39, 0.29) is 24.3 Å². The number of benzene rings is 1. The Labute approximate surface area is 176 Å². The Bertz CT molecular complexity index is 796. The third-order valence-electron chi connectivity index (χ3n) is 4.96. The zero-order valence-corrected chi connectivity index (χ0v) is 17.8. The van der Waals surface area contributed by atoms with Gasteiger partial charge in [-0.05, 0) is 37.0 Å². The summed E-state index contributed by atoms with van der Waals surface area (Å²) in [6.07, 6.45) is 9.92. The van der Waals surface area contributed by atoms with Gasteiger partial charge >= 0.3 is 0 Å². The molecule has 0 unspecified atom stereocenters. The number of allylic oxidation sites excluding steroid dienone is 2. The predicted molar refractivity (Wildman–Crippen MR) is 120 cm³/mol. The summed E-state index contributed by atoms with van der Waals surface area (Å²) in [5.41, 5.74) is 2.08. The van der Waals surface area contributed by atoms with Crippen molar-refractivity contribution in [1.82, 2.24) is 10.2 Å². The Morgan fingerprint density at radius 1 is 1.25 bits per heavy atom. The molecule has 0 atom stereocenters. The number of rotatable bonds is 6. The number of carbonyl (C=O) groups excluding carboxylic acids is 2. The molecule has 1 N–H and O–H groups in total. The normalized spacial score (nSPS) is 20.1. The van der Waals surface area contributed by atoms with E-state index < -0.39 is 0 Å². The molecule has 4 nitrogen and oxygen atoms in total. The van der Waals surface area contributed by atoms with Gasteiger partial charge in [-0.25, -0.2) is 0 Å². The first-order valence-corrected chi connectivity index (χ1v) is 11.0. The van der Waals surface area contributed by atoms with Crippen LogP contribution >= 0.6 is 24.0 Å². The largest absolute Gasteiger partial charge is 0.353 e. The molecule has 1 heterocycles. The molecule has 1 aromatic carbocycles. The van der Waals surface area contributed by atoms with Crippen LogP contribution in [0.3, 0.4) is 0 Å². The summed E-state index contributed by atoms with van der Waals surface area (Å²) in [6, 6.07) is 10.3. The zero-order chi connectivity index (χ0) is 19.9. The van der Waals surface area contributed by atoms with Gasteiger partial charge in [0.2, 0.25) is 5.91 Å². The van der Waals surface area contributed by atoms with Gasteiger partial charge in [0.15, 0.2) is 0 Å². The lowest BCUT2D eigenvalue weighted by atomic mass is 9.95. The first kappa shape index (κ1) is 20.8. The van der Waals surface area contributed by atoms with E-state index in [1.54, 1.807) is 4.90 Å². The second-order valence-electron chi connectivity index (χ2n) is 7.28. The van der Waals surface area contributed by atoms with E-state index in [0.717, 1.165) is 24.0 Å². The molecule has 1 saturated heterocycles. The minimum atomic E-state index is -0.110. The van der Waals surface area contributed by atoms with E-state index >= 15 is 0 Å². The van der Waals surface area contributed by atoms with Crippen molar-refractivity contribution in [3.8, 4) is 0 Å². The number of thioether (sulfide) groups is 1. The highest BCUT2D eigenvalue weighted by molar-refractivity contribution is 8.26. The molecule has 0 spiro atoms. The topological polar surface area (TPSA) is 49.4 Å². The van der Waals surface area contributed by atoms with Gasteiger partial charge in [0.05, 0.1) is 4.91 Å². The molecule has 3 rings (SSSR count). The van der Waals surface area contributed by atoms with Crippen LogP contribution in [0.4, 0.5) is 0 Å². The highest BCUT2D eigenvalue weighted by Crippen LogP contribution is 2.32. The van der Waals surface area contributed by atoms with E-state index in [1.807, 2.05) is 49.4 Å². The standard InChI is InChI=1S/C22H26N2O2S2/c1-16(14-17-8-4-2-5-9-17)15-19-21(26)24(22(27)28-19)13-12-20(25)23-18-10-6-3-7-11-18/h2,4-5,8-9,14-15,18H,3,6-7,10-13H2,1H3,(H,23,25). The maximum Gasteiger partial charge on any atom is 0.266 e. The van der Waals surface area contributed by atoms with Gasteiger partial charge in [-0.15, -0.1) is 0 Å². The molecule has 0 radical (unpaired) electrons. The van der Waals surface area contributed by atoms with Crippen molar-refractivity contribution in [2.24, 2.45) is 0 Å². The number of amides is 2. The van der Waals surface area contributed by atoms with Crippen LogP contribution < -0.4 is 5.32 Å². The number of hydrogen-bond donors (Lipinski definition) is 1. The van der Waals surface area contributed by atoms with Crippen molar-refractivity contribution in [2.45, 2.75) is 51.5 Å². The first-order chi connectivity index (χ1) is 13.5. The third kappa shape index (κ3) is 5.79. The monoisotopic (exact) mass is 414 g/mol. The Morgan fingerprint density at radius 3 is 2.68 bits per heavy atom. The minimum absolute atomic E-state index is 0.00471. The van der Waals surface area contributed by atoms with Crippen molar-refractivity contribution in [3.63, 3.8) is 0 Å². The van der Waals surface area contributed by atoms with Crippen molar-refractivity contribution in [2.75, 3.05) is 6.54 Å². The van der Waals surface area contributed by atoms with Gasteiger partial charge in [0, 0.05) is 19.0 Å². The molecule has 1 aliphatic heterocycles. The SMILES string of the molecule is CC(=Cc1ccccc1)C=C1SC(=S)N(CCC(=O)NC2CCCCC2)C1=O. The van der Waals surface area contributed by atoms with Crippen LogP contribution in [0.1, 0.15) is 51.0 Å². The molecule has 2 fully saturated rings. The fourth-order valence-corrected chi connectivity index (χ4v) is 4.87. The smallest absolute Gasteiger partial charge is 0.266 e. The molecule has 1 saturated carbocycles. The fourth-order valence-electron chi connectivity index (χ4n) is 3.51. The number of thiocarbonyl (C=S) groups is 1. The quantitative estimate of drug-likeness (QED) is 0.543. The van der Waals surface area contributed by atoms with Crippen LogP contribution in [0.25, 0.3) is 6.08 Å². The van der Waals surface area contributed by atoms with Crippen molar-refractivity contribution >= 4 is 46.2 Å². The van der Waals surface area contributed by atoms with E-state index in [2.05, 4.69) is 5.32 Å². The Hall–Kier alpha value is -1.92. The summed E-state index contributed by atoms with van der Waals surface area (Å²) in [4.78, 5) is 27.1. The van der Waals surface area contributed by atoms with Crippen LogP contribution in [0, 0.1) is 0 Å². The number of carbonyl (C=O) groups is 2. The molecule has 0 bridgehead atoms. The molecule has 148 valence electrons. The Morgan fingerprint density at radius 2 is 1.96 bits per heavy atom. The fraction of sp³-hybridized carbons (Fsp3) is 0.409. The van der Waals surface area contributed by atoms with E-state index in [1.165, 1.54) is 31.0 Å². The molecule has 0 aromatic heterocycles. The van der Waals surface area contributed by atoms with Crippen LogP contribution in [0.2, 0.25) is 0 Å². The number of nitrogens with one attached hydrogen (secondary N) is 1. The van der Waals surface area contributed by atoms with Crippen LogP contribution in [-0.2, 0) is 9.59 Å². The molecular formula is C22H26N2O2S2. The lowest BCUT2D eigenvalue weighted by Crippen LogP contribution is -2.39. The van der Waals surface area contributed by atoms with Crippen molar-refractivity contribution in [3.05, 3.63) is 52.4 Å². The van der Waals surface area contributed by atoms with E-state index in [9.17, 15) is 9.59 Å². The predicted octanol–water partition coefficient (Wildman–Crippen LogP) is 4.67. The lowest BCUT2D eigenvalue weighted by Gasteiger charge is -2.23. The summed E-state index contributed by atoms with van der Waals surface area (Å²) in [7, 11) is 0. The summed E-state index contributed by atoms with van der Waals surface area (Å²) in [5, 5.41) is 3.09. The summed E-state index contributed by atoms with van der Waals surface area (Å²) < 4.78 is 0.522. The molecule has 2 amide bonds. The first-order valence-electron chi connectivity index (χ1n) is 9.81. The highest BCUT2D eigenvalue weighted by Gasteiger charge is 2.32. The second kappa shape index (κ2) is 10.0. The Kier molecular flexibility index (Phi) is 7.45. The molecule has 6 heteroatoms. The average Bonchev–Trinajstić information content (AvgIpc) is 2.94. The summed E-state index contributed by atoms with van der Waals surface area (Å²) >= 11 is 6.67. The number of nitrogens with zero attached hydrogens (tertiary/aromatic N) is 1. The van der Waals surface area contributed by atoms with Gasteiger partial charge < -0.3 is 5.32 Å². The Balaban J connectivity index is 1.55. The van der Waals surface area contributed by atoms with E-state index in [4.69, 9.17) is 12.2 Å². The average molecular weight is 415 g/mol. The van der Waals surface area contributed by atoms with E-state index in [0.29, 0.717) is 15.8 Å². The molecule has 1 aromatic rings. The van der Waals surface area contributed by atoms with Gasteiger partial charge in [0.1, 0.15) is 4.32 Å². The molecule has 28 heavy (non-hydrogen) atoms. The van der Waals surface area contributed by atoms with Gasteiger partial charge in [-0.1, -0.05) is 79.7 Å².